The van der Waals surface area contributed by atoms with Gasteiger partial charge in [-0.25, -0.2) is 4.98 Å². The minimum Gasteiger partial charge on any atom is -0.398 e. The topological polar surface area (TPSA) is 54.6 Å². The molecule has 3 heterocycles. The van der Waals surface area contributed by atoms with Crippen LogP contribution < -0.4 is 10.6 Å². The van der Waals surface area contributed by atoms with E-state index in [1.165, 1.54) is 42.7 Å². The fraction of sp³-hybridized carbons (Fsp3) is 0.400. The van der Waals surface area contributed by atoms with Gasteiger partial charge in [0.15, 0.2) is 0 Å². The zero-order chi connectivity index (χ0) is 21.4. The molecule has 2 fully saturated rings. The lowest BCUT2D eigenvalue weighted by atomic mass is 9.98. The van der Waals surface area contributed by atoms with E-state index in [1.807, 2.05) is 24.3 Å². The lowest BCUT2D eigenvalue weighted by Crippen LogP contribution is -2.37. The Morgan fingerprint density at radius 2 is 1.81 bits per heavy atom. The van der Waals surface area contributed by atoms with Crippen LogP contribution in [0.5, 0.6) is 0 Å². The first-order chi connectivity index (χ1) is 15.1. The minimum absolute atomic E-state index is 0.671. The first kappa shape index (κ1) is 20.6. The number of hydrogen-bond acceptors (Lipinski definition) is 5. The Morgan fingerprint density at radius 1 is 1.03 bits per heavy atom. The number of rotatable bonds is 4. The van der Waals surface area contributed by atoms with E-state index in [0.717, 1.165) is 60.7 Å². The summed E-state index contributed by atoms with van der Waals surface area (Å²) in [6, 6.07) is 12.2. The number of ether oxygens (including phenoxy) is 1. The van der Waals surface area contributed by atoms with Crippen molar-refractivity contribution in [3.63, 3.8) is 0 Å². The summed E-state index contributed by atoms with van der Waals surface area (Å²) >= 11 is 6.22. The second-order valence-corrected chi connectivity index (χ2v) is 9.08. The molecule has 31 heavy (non-hydrogen) atoms. The van der Waals surface area contributed by atoms with Gasteiger partial charge in [0, 0.05) is 47.0 Å². The maximum absolute atomic E-state index is 6.39. The Labute approximate surface area is 188 Å². The number of pyridine rings is 1. The van der Waals surface area contributed by atoms with Gasteiger partial charge in [0.25, 0.3) is 0 Å². The molecular weight excluding hydrogens is 408 g/mol. The molecule has 2 saturated heterocycles. The van der Waals surface area contributed by atoms with Gasteiger partial charge in [-0.05, 0) is 80.4 Å². The molecule has 0 aliphatic carbocycles. The third-order valence-corrected chi connectivity index (χ3v) is 6.63. The molecule has 5 nitrogen and oxygen atoms in total. The predicted molar refractivity (Wildman–Crippen MR) is 129 cm³/mol. The van der Waals surface area contributed by atoms with Gasteiger partial charge in [-0.3, -0.25) is 4.90 Å². The smallest absolute Gasteiger partial charge is 0.0745 e. The van der Waals surface area contributed by atoms with Crippen LogP contribution in [0.3, 0.4) is 0 Å². The van der Waals surface area contributed by atoms with Gasteiger partial charge in [-0.1, -0.05) is 11.6 Å². The molecule has 0 unspecified atom stereocenters. The fourth-order valence-electron chi connectivity index (χ4n) is 4.92. The van der Waals surface area contributed by atoms with Crippen molar-refractivity contribution in [3.8, 4) is 11.3 Å². The lowest BCUT2D eigenvalue weighted by Gasteiger charge is -2.33. The number of aromatic nitrogens is 1. The Balaban J connectivity index is 1.60. The van der Waals surface area contributed by atoms with Crippen molar-refractivity contribution in [2.45, 2.75) is 26.3 Å². The van der Waals surface area contributed by atoms with Gasteiger partial charge in [-0.15, -0.1) is 0 Å². The van der Waals surface area contributed by atoms with Gasteiger partial charge < -0.3 is 15.4 Å². The number of likely N-dealkylation sites (tertiary alicyclic amines) is 1. The molecule has 0 spiro atoms. The van der Waals surface area contributed by atoms with Crippen LogP contribution in [0.1, 0.15) is 24.0 Å². The summed E-state index contributed by atoms with van der Waals surface area (Å²) in [6.45, 7) is 8.97. The second kappa shape index (κ2) is 8.65. The zero-order valence-electron chi connectivity index (χ0n) is 18.0. The third kappa shape index (κ3) is 4.22. The van der Waals surface area contributed by atoms with Crippen molar-refractivity contribution in [2.75, 3.05) is 50.0 Å². The molecule has 2 aromatic carbocycles. The van der Waals surface area contributed by atoms with Gasteiger partial charge in [0.2, 0.25) is 0 Å². The molecule has 6 heteroatoms. The molecular formula is C25H29ClN4O. The number of nitrogens with two attached hydrogens (primary N) is 1. The van der Waals surface area contributed by atoms with Crippen LogP contribution >= 0.6 is 11.6 Å². The van der Waals surface area contributed by atoms with E-state index in [1.54, 1.807) is 0 Å². The van der Waals surface area contributed by atoms with Crippen LogP contribution in [-0.2, 0) is 11.3 Å². The Bertz CT molecular complexity index is 1100. The Morgan fingerprint density at radius 3 is 2.58 bits per heavy atom. The number of nitrogens with zero attached hydrogens (tertiary/aromatic N) is 3. The molecule has 0 radical (unpaired) electrons. The molecule has 162 valence electrons. The van der Waals surface area contributed by atoms with E-state index in [9.17, 15) is 0 Å². The van der Waals surface area contributed by atoms with Crippen molar-refractivity contribution >= 4 is 33.9 Å². The highest BCUT2D eigenvalue weighted by atomic mass is 35.5. The van der Waals surface area contributed by atoms with Gasteiger partial charge in [-0.2, -0.15) is 0 Å². The van der Waals surface area contributed by atoms with Crippen molar-refractivity contribution in [2.24, 2.45) is 0 Å². The monoisotopic (exact) mass is 436 g/mol. The van der Waals surface area contributed by atoms with Gasteiger partial charge >= 0.3 is 0 Å². The van der Waals surface area contributed by atoms with Crippen LogP contribution in [0.15, 0.2) is 36.4 Å². The van der Waals surface area contributed by atoms with E-state index >= 15 is 0 Å². The Kier molecular flexibility index (Phi) is 5.74. The number of benzene rings is 2. The minimum atomic E-state index is 0.671. The molecule has 2 aliphatic heterocycles. The van der Waals surface area contributed by atoms with Gasteiger partial charge in [0.1, 0.15) is 0 Å². The van der Waals surface area contributed by atoms with Crippen molar-refractivity contribution in [1.29, 1.82) is 0 Å². The van der Waals surface area contributed by atoms with Crippen LogP contribution in [0.25, 0.3) is 22.2 Å². The molecule has 0 bridgehead atoms. The summed E-state index contributed by atoms with van der Waals surface area (Å²) in [6.07, 6.45) is 2.57. The summed E-state index contributed by atoms with van der Waals surface area (Å²) in [5, 5.41) is 1.61. The van der Waals surface area contributed by atoms with Gasteiger partial charge in [0.05, 0.1) is 24.4 Å². The van der Waals surface area contributed by atoms with E-state index in [0.29, 0.717) is 5.02 Å². The zero-order valence-corrected chi connectivity index (χ0v) is 18.8. The highest BCUT2D eigenvalue weighted by molar-refractivity contribution is 6.31. The number of hydrogen-bond donors (Lipinski definition) is 1. The summed E-state index contributed by atoms with van der Waals surface area (Å²) in [5.41, 5.74) is 14.0. The number of nitrogen functional groups attached to an aromatic ring is 1. The molecule has 2 N–H and O–H groups in total. The molecule has 2 aliphatic rings. The van der Waals surface area contributed by atoms with Crippen molar-refractivity contribution in [1.82, 2.24) is 9.88 Å². The molecule has 3 aromatic rings. The van der Waals surface area contributed by atoms with Crippen LogP contribution in [0.4, 0.5) is 11.4 Å². The van der Waals surface area contributed by atoms with Crippen molar-refractivity contribution in [3.05, 3.63) is 52.5 Å². The van der Waals surface area contributed by atoms with Crippen LogP contribution in [0.2, 0.25) is 5.02 Å². The van der Waals surface area contributed by atoms with E-state index in [-0.39, 0.29) is 0 Å². The average Bonchev–Trinajstić information content (AvgIpc) is 3.27. The summed E-state index contributed by atoms with van der Waals surface area (Å²) in [4.78, 5) is 9.95. The first-order valence-electron chi connectivity index (χ1n) is 11.1. The molecule has 5 rings (SSSR count). The number of aryl methyl sites for hydroxylation is 1. The largest absolute Gasteiger partial charge is 0.398 e. The van der Waals surface area contributed by atoms with Crippen LogP contribution in [0, 0.1) is 6.92 Å². The number of fused-ring (bicyclic) bond motifs is 1. The molecule has 0 saturated carbocycles. The highest BCUT2D eigenvalue weighted by Gasteiger charge is 2.21. The maximum atomic E-state index is 6.39. The third-order valence-electron chi connectivity index (χ3n) is 6.40. The van der Waals surface area contributed by atoms with E-state index in [4.69, 9.17) is 27.1 Å². The average molecular weight is 437 g/mol. The summed E-state index contributed by atoms with van der Waals surface area (Å²) in [5.74, 6) is 0. The normalized spacial score (nSPS) is 17.5. The standard InChI is InChI=1S/C25H29ClN4O/c1-17-12-18(23-15-22(27)21-5-4-20(26)14-24(21)28-23)13-19(16-29-6-2-3-7-29)25(17)30-8-10-31-11-9-30/h4-5,12-15H,2-3,6-11,16H2,1H3,(H2,27,28). The quantitative estimate of drug-likeness (QED) is 0.631. The maximum Gasteiger partial charge on any atom is 0.0745 e. The number of halogens is 1. The molecule has 0 amide bonds. The lowest BCUT2D eigenvalue weighted by molar-refractivity contribution is 0.122. The highest BCUT2D eigenvalue weighted by Crippen LogP contribution is 2.35. The summed E-state index contributed by atoms with van der Waals surface area (Å²) in [7, 11) is 0. The number of anilines is 2. The fourth-order valence-corrected chi connectivity index (χ4v) is 5.08. The molecule has 0 atom stereocenters. The summed E-state index contributed by atoms with van der Waals surface area (Å²) < 4.78 is 5.60. The predicted octanol–water partition coefficient (Wildman–Crippen LogP) is 4.88. The van der Waals surface area contributed by atoms with E-state index in [2.05, 4.69) is 28.9 Å². The second-order valence-electron chi connectivity index (χ2n) is 8.64. The van der Waals surface area contributed by atoms with Crippen molar-refractivity contribution < 1.29 is 4.74 Å². The van der Waals surface area contributed by atoms with Crippen LogP contribution in [-0.4, -0.2) is 49.3 Å². The number of morpholine rings is 1. The van der Waals surface area contributed by atoms with E-state index < -0.39 is 0 Å². The Hall–Kier alpha value is -2.34. The first-order valence-corrected chi connectivity index (χ1v) is 11.5. The SMILES string of the molecule is Cc1cc(-c2cc(N)c3ccc(Cl)cc3n2)cc(CN2CCCC2)c1N1CCOCC1. The molecule has 1 aromatic heterocycles.